The summed E-state index contributed by atoms with van der Waals surface area (Å²) in [5.41, 5.74) is 6.13. The molecule has 0 spiro atoms. The molecule has 3 aromatic rings. The number of carbonyl (C=O) groups is 1. The molecule has 1 aromatic carbocycles. The van der Waals surface area contributed by atoms with Crippen LogP contribution in [0.1, 0.15) is 27.5 Å². The van der Waals surface area contributed by atoms with E-state index >= 15 is 0 Å². The first-order valence-corrected chi connectivity index (χ1v) is 7.15. The van der Waals surface area contributed by atoms with Crippen molar-refractivity contribution >= 4 is 5.91 Å². The summed E-state index contributed by atoms with van der Waals surface area (Å²) < 4.78 is 1.40. The molecule has 8 heteroatoms. The van der Waals surface area contributed by atoms with E-state index in [9.17, 15) is 15.0 Å². The molecule has 0 aliphatic carbocycles. The maximum Gasteiger partial charge on any atom is 0.252 e. The highest BCUT2D eigenvalue weighted by Gasteiger charge is 2.28. The molecular formula is C16H15N5O3. The lowest BCUT2D eigenvalue weighted by molar-refractivity contribution is -0.0520. The lowest BCUT2D eigenvalue weighted by Gasteiger charge is -2.21. The van der Waals surface area contributed by atoms with Crippen LogP contribution in [0.15, 0.2) is 55.0 Å². The number of aliphatic hydroxyl groups excluding tert-OH is 1. The van der Waals surface area contributed by atoms with Gasteiger partial charge >= 0.3 is 0 Å². The van der Waals surface area contributed by atoms with Gasteiger partial charge in [0.2, 0.25) is 0 Å². The number of nitrogens with zero attached hydrogens (tertiary/aromatic N) is 4. The predicted octanol–water partition coefficient (Wildman–Crippen LogP) is 0.204. The average molecular weight is 325 g/mol. The Morgan fingerprint density at radius 3 is 2.50 bits per heavy atom. The summed E-state index contributed by atoms with van der Waals surface area (Å²) in [5, 5.41) is 23.8. The second kappa shape index (κ2) is 6.57. The normalized spacial score (nSPS) is 12.3. The lowest BCUT2D eigenvalue weighted by atomic mass is 9.92. The third-order valence-corrected chi connectivity index (χ3v) is 3.53. The van der Waals surface area contributed by atoms with Gasteiger partial charge in [-0.05, 0) is 11.6 Å². The van der Waals surface area contributed by atoms with Gasteiger partial charge in [0.1, 0.15) is 0 Å². The standard InChI is InChI=1S/C16H15N5O3/c17-14(22)11-9-18-16(21-8-4-7-19-21)20-13(11)12(15(23)24)10-5-2-1-3-6-10/h1-9,12,15,23-24H,(H2,17,22)/t12-/m0/s1. The molecule has 0 saturated carbocycles. The highest BCUT2D eigenvalue weighted by Crippen LogP contribution is 2.28. The maximum atomic E-state index is 11.7. The molecule has 0 fully saturated rings. The highest BCUT2D eigenvalue weighted by atomic mass is 16.5. The van der Waals surface area contributed by atoms with Gasteiger partial charge < -0.3 is 15.9 Å². The molecule has 1 atom stereocenters. The zero-order valence-corrected chi connectivity index (χ0v) is 12.5. The number of rotatable bonds is 5. The first-order chi connectivity index (χ1) is 11.6. The fourth-order valence-electron chi connectivity index (χ4n) is 2.44. The van der Waals surface area contributed by atoms with E-state index in [1.807, 2.05) is 0 Å². The fraction of sp³-hybridized carbons (Fsp3) is 0.125. The van der Waals surface area contributed by atoms with E-state index in [1.165, 1.54) is 10.9 Å². The van der Waals surface area contributed by atoms with Gasteiger partial charge in [0, 0.05) is 18.6 Å². The quantitative estimate of drug-likeness (QED) is 0.575. The summed E-state index contributed by atoms with van der Waals surface area (Å²) in [5.74, 6) is -1.51. The largest absolute Gasteiger partial charge is 0.367 e. The molecule has 3 rings (SSSR count). The molecule has 2 heterocycles. The molecule has 122 valence electrons. The van der Waals surface area contributed by atoms with Crippen LogP contribution in [-0.2, 0) is 0 Å². The van der Waals surface area contributed by atoms with Gasteiger partial charge in [-0.25, -0.2) is 14.6 Å². The Morgan fingerprint density at radius 2 is 1.92 bits per heavy atom. The van der Waals surface area contributed by atoms with E-state index in [2.05, 4.69) is 15.1 Å². The average Bonchev–Trinajstić information content (AvgIpc) is 3.10. The van der Waals surface area contributed by atoms with Crippen LogP contribution < -0.4 is 5.73 Å². The molecule has 24 heavy (non-hydrogen) atoms. The molecule has 0 saturated heterocycles. The number of hydrogen-bond acceptors (Lipinski definition) is 6. The Kier molecular flexibility index (Phi) is 4.32. The fourth-order valence-corrected chi connectivity index (χ4v) is 2.44. The SMILES string of the molecule is NC(=O)c1cnc(-n2cccn2)nc1[C@H](c1ccccc1)C(O)O. The van der Waals surface area contributed by atoms with Crippen LogP contribution in [0.25, 0.3) is 5.95 Å². The predicted molar refractivity (Wildman–Crippen MR) is 84.2 cm³/mol. The van der Waals surface area contributed by atoms with Gasteiger partial charge in [0.25, 0.3) is 11.9 Å². The minimum Gasteiger partial charge on any atom is -0.367 e. The van der Waals surface area contributed by atoms with Crippen LogP contribution in [0.4, 0.5) is 0 Å². The number of aromatic nitrogens is 4. The number of amides is 1. The third-order valence-electron chi connectivity index (χ3n) is 3.53. The monoisotopic (exact) mass is 325 g/mol. The maximum absolute atomic E-state index is 11.7. The van der Waals surface area contributed by atoms with Crippen molar-refractivity contribution in [3.63, 3.8) is 0 Å². The minimum absolute atomic E-state index is 0.0212. The molecule has 0 bridgehead atoms. The molecule has 4 N–H and O–H groups in total. The number of benzene rings is 1. The third kappa shape index (κ3) is 3.00. The molecule has 0 unspecified atom stereocenters. The summed E-state index contributed by atoms with van der Waals surface area (Å²) in [6, 6.07) is 10.4. The summed E-state index contributed by atoms with van der Waals surface area (Å²) in [7, 11) is 0. The van der Waals surface area contributed by atoms with Crippen molar-refractivity contribution in [1.82, 2.24) is 19.7 Å². The van der Waals surface area contributed by atoms with E-state index in [0.29, 0.717) is 5.56 Å². The number of primary amides is 1. The van der Waals surface area contributed by atoms with Crippen LogP contribution >= 0.6 is 0 Å². The zero-order chi connectivity index (χ0) is 17.1. The lowest BCUT2D eigenvalue weighted by Crippen LogP contribution is -2.26. The number of carbonyl (C=O) groups excluding carboxylic acids is 1. The van der Waals surface area contributed by atoms with Crippen molar-refractivity contribution in [1.29, 1.82) is 0 Å². The van der Waals surface area contributed by atoms with Gasteiger partial charge in [0.05, 0.1) is 17.2 Å². The van der Waals surface area contributed by atoms with E-state index in [1.54, 1.807) is 48.8 Å². The van der Waals surface area contributed by atoms with Crippen LogP contribution in [0.5, 0.6) is 0 Å². The van der Waals surface area contributed by atoms with E-state index in [-0.39, 0.29) is 17.2 Å². The zero-order valence-electron chi connectivity index (χ0n) is 12.5. The summed E-state index contributed by atoms with van der Waals surface area (Å²) in [6.45, 7) is 0. The minimum atomic E-state index is -1.77. The van der Waals surface area contributed by atoms with Crippen molar-refractivity contribution in [2.75, 3.05) is 0 Å². The van der Waals surface area contributed by atoms with E-state index < -0.39 is 18.1 Å². The van der Waals surface area contributed by atoms with E-state index in [4.69, 9.17) is 5.73 Å². The first-order valence-electron chi connectivity index (χ1n) is 7.15. The summed E-state index contributed by atoms with van der Waals surface area (Å²) >= 11 is 0. The topological polar surface area (TPSA) is 127 Å². The van der Waals surface area contributed by atoms with Crippen molar-refractivity contribution in [2.45, 2.75) is 12.2 Å². The number of hydrogen-bond donors (Lipinski definition) is 3. The molecule has 0 radical (unpaired) electrons. The van der Waals surface area contributed by atoms with Crippen molar-refractivity contribution < 1.29 is 15.0 Å². The van der Waals surface area contributed by atoms with Crippen LogP contribution in [-0.4, -0.2) is 42.2 Å². The first kappa shape index (κ1) is 15.8. The Hall–Kier alpha value is -3.10. The van der Waals surface area contributed by atoms with Crippen LogP contribution in [0.2, 0.25) is 0 Å². The summed E-state index contributed by atoms with van der Waals surface area (Å²) in [4.78, 5) is 20.1. The Bertz CT molecular complexity index is 834. The van der Waals surface area contributed by atoms with Gasteiger partial charge in [-0.2, -0.15) is 5.10 Å². The van der Waals surface area contributed by atoms with Crippen molar-refractivity contribution in [3.8, 4) is 5.95 Å². The molecule has 0 aliphatic heterocycles. The second-order valence-corrected chi connectivity index (χ2v) is 5.09. The molecular weight excluding hydrogens is 310 g/mol. The number of nitrogens with two attached hydrogens (primary N) is 1. The van der Waals surface area contributed by atoms with E-state index in [0.717, 1.165) is 0 Å². The van der Waals surface area contributed by atoms with Crippen molar-refractivity contribution in [3.05, 3.63) is 71.8 Å². The molecule has 2 aromatic heterocycles. The Balaban J connectivity index is 2.18. The van der Waals surface area contributed by atoms with Crippen LogP contribution in [0, 0.1) is 0 Å². The second-order valence-electron chi connectivity index (χ2n) is 5.09. The highest BCUT2D eigenvalue weighted by molar-refractivity contribution is 5.94. The smallest absolute Gasteiger partial charge is 0.252 e. The van der Waals surface area contributed by atoms with Gasteiger partial charge in [-0.15, -0.1) is 0 Å². The van der Waals surface area contributed by atoms with Gasteiger partial charge in [0.15, 0.2) is 6.29 Å². The Labute approximate surface area is 137 Å². The molecule has 0 aliphatic rings. The molecule has 8 nitrogen and oxygen atoms in total. The molecule has 1 amide bonds. The van der Waals surface area contributed by atoms with Gasteiger partial charge in [-0.1, -0.05) is 30.3 Å². The van der Waals surface area contributed by atoms with Crippen LogP contribution in [0.3, 0.4) is 0 Å². The van der Waals surface area contributed by atoms with Gasteiger partial charge in [-0.3, -0.25) is 4.79 Å². The van der Waals surface area contributed by atoms with Crippen molar-refractivity contribution in [2.24, 2.45) is 5.73 Å². The summed E-state index contributed by atoms with van der Waals surface area (Å²) in [6.07, 6.45) is 2.68. The number of aliphatic hydroxyl groups is 2. The Morgan fingerprint density at radius 1 is 1.17 bits per heavy atom.